The number of hydrogen-bond acceptors (Lipinski definition) is 4. The molecule has 0 amide bonds. The third-order valence-electron chi connectivity index (χ3n) is 4.68. The first-order valence-electron chi connectivity index (χ1n) is 9.06. The average molecular weight is 383 g/mol. The lowest BCUT2D eigenvalue weighted by atomic mass is 9.98. The summed E-state index contributed by atoms with van der Waals surface area (Å²) >= 11 is 0. The maximum atomic E-state index is 13.5. The number of carbonyl (C=O) groups is 1. The first kappa shape index (κ1) is 18.3. The second-order valence-corrected chi connectivity index (χ2v) is 6.56. The van der Waals surface area contributed by atoms with Crippen LogP contribution in [0, 0.1) is 17.0 Å². The van der Waals surface area contributed by atoms with Crippen molar-refractivity contribution in [2.24, 2.45) is 0 Å². The van der Waals surface area contributed by atoms with E-state index in [0.29, 0.717) is 22.6 Å². The van der Waals surface area contributed by atoms with Gasteiger partial charge in [-0.25, -0.2) is 4.68 Å². The lowest BCUT2D eigenvalue weighted by molar-refractivity contribution is -0.384. The maximum absolute atomic E-state index is 13.5. The van der Waals surface area contributed by atoms with Gasteiger partial charge in [-0.05, 0) is 24.6 Å². The molecule has 0 spiro atoms. The number of carbonyl (C=O) groups excluding carboxylic acids is 1. The molecule has 6 nitrogen and oxygen atoms in total. The number of nitro benzene ring substituents is 1. The largest absolute Gasteiger partial charge is 0.287 e. The van der Waals surface area contributed by atoms with Gasteiger partial charge in [0, 0.05) is 23.3 Å². The lowest BCUT2D eigenvalue weighted by Gasteiger charge is -2.10. The number of rotatable bonds is 5. The van der Waals surface area contributed by atoms with Gasteiger partial charge in [0.2, 0.25) is 5.78 Å². The van der Waals surface area contributed by atoms with Crippen LogP contribution in [0.15, 0.2) is 84.9 Å². The predicted molar refractivity (Wildman–Crippen MR) is 110 cm³/mol. The lowest BCUT2D eigenvalue weighted by Crippen LogP contribution is -2.11. The molecule has 0 saturated heterocycles. The SMILES string of the molecule is Cc1nn(-c2ccc([N+](=O)[O-])cc2)c(C(=O)c2ccccc2)c1-c1ccccc1. The molecule has 3 aromatic carbocycles. The van der Waals surface area contributed by atoms with E-state index in [-0.39, 0.29) is 11.5 Å². The van der Waals surface area contributed by atoms with Crippen LogP contribution >= 0.6 is 0 Å². The van der Waals surface area contributed by atoms with Crippen molar-refractivity contribution in [2.45, 2.75) is 6.92 Å². The molecule has 4 aromatic rings. The van der Waals surface area contributed by atoms with E-state index >= 15 is 0 Å². The summed E-state index contributed by atoms with van der Waals surface area (Å²) in [7, 11) is 0. The van der Waals surface area contributed by atoms with E-state index in [1.807, 2.05) is 55.5 Å². The maximum Gasteiger partial charge on any atom is 0.269 e. The highest BCUT2D eigenvalue weighted by Gasteiger charge is 2.25. The molecule has 0 N–H and O–H groups in total. The second-order valence-electron chi connectivity index (χ2n) is 6.56. The van der Waals surface area contributed by atoms with Gasteiger partial charge in [-0.3, -0.25) is 14.9 Å². The average Bonchev–Trinajstić information content (AvgIpc) is 3.11. The van der Waals surface area contributed by atoms with E-state index in [0.717, 1.165) is 11.1 Å². The fraction of sp³-hybridized carbons (Fsp3) is 0.0435. The van der Waals surface area contributed by atoms with Crippen LogP contribution in [0.3, 0.4) is 0 Å². The molecule has 142 valence electrons. The van der Waals surface area contributed by atoms with Gasteiger partial charge >= 0.3 is 0 Å². The fourth-order valence-electron chi connectivity index (χ4n) is 3.32. The molecule has 0 radical (unpaired) electrons. The molecule has 0 atom stereocenters. The highest BCUT2D eigenvalue weighted by atomic mass is 16.6. The minimum atomic E-state index is -0.455. The van der Waals surface area contributed by atoms with Crippen molar-refractivity contribution < 1.29 is 9.72 Å². The molecule has 0 aliphatic rings. The molecule has 1 heterocycles. The predicted octanol–water partition coefficient (Wildman–Crippen LogP) is 4.99. The molecule has 0 aliphatic heterocycles. The number of non-ortho nitro benzene ring substituents is 1. The summed E-state index contributed by atoms with van der Waals surface area (Å²) in [5, 5.41) is 15.6. The van der Waals surface area contributed by atoms with Crippen LogP contribution < -0.4 is 0 Å². The van der Waals surface area contributed by atoms with E-state index in [4.69, 9.17) is 0 Å². The van der Waals surface area contributed by atoms with E-state index in [1.165, 1.54) is 12.1 Å². The number of nitrogens with zero attached hydrogens (tertiary/aromatic N) is 3. The van der Waals surface area contributed by atoms with Crippen LogP contribution in [0.2, 0.25) is 0 Å². The highest BCUT2D eigenvalue weighted by Crippen LogP contribution is 2.31. The Morgan fingerprint density at radius 2 is 1.48 bits per heavy atom. The van der Waals surface area contributed by atoms with E-state index in [9.17, 15) is 14.9 Å². The van der Waals surface area contributed by atoms with Crippen molar-refractivity contribution >= 4 is 11.5 Å². The minimum absolute atomic E-state index is 0.0168. The highest BCUT2D eigenvalue weighted by molar-refractivity contribution is 6.12. The van der Waals surface area contributed by atoms with Gasteiger partial charge in [0.25, 0.3) is 5.69 Å². The molecule has 0 bridgehead atoms. The summed E-state index contributed by atoms with van der Waals surface area (Å²) in [5.74, 6) is -0.164. The molecular formula is C23H17N3O3. The first-order valence-corrected chi connectivity index (χ1v) is 9.06. The number of nitro groups is 1. The fourth-order valence-corrected chi connectivity index (χ4v) is 3.32. The monoisotopic (exact) mass is 383 g/mol. The minimum Gasteiger partial charge on any atom is -0.287 e. The molecule has 1 aromatic heterocycles. The third-order valence-corrected chi connectivity index (χ3v) is 4.68. The summed E-state index contributed by atoms with van der Waals surface area (Å²) in [6, 6.07) is 24.6. The van der Waals surface area contributed by atoms with Crippen LogP contribution in [0.4, 0.5) is 5.69 Å². The van der Waals surface area contributed by atoms with Gasteiger partial charge in [0.05, 0.1) is 16.3 Å². The summed E-state index contributed by atoms with van der Waals surface area (Å²) in [5.41, 5.74) is 3.88. The van der Waals surface area contributed by atoms with E-state index < -0.39 is 4.92 Å². The summed E-state index contributed by atoms with van der Waals surface area (Å²) in [4.78, 5) is 24.0. The Balaban J connectivity index is 1.94. The number of aryl methyl sites for hydroxylation is 1. The van der Waals surface area contributed by atoms with Crippen molar-refractivity contribution in [3.05, 3.63) is 112 Å². The smallest absolute Gasteiger partial charge is 0.269 e. The van der Waals surface area contributed by atoms with E-state index in [2.05, 4.69) is 5.10 Å². The zero-order valence-corrected chi connectivity index (χ0v) is 15.6. The van der Waals surface area contributed by atoms with Crippen molar-refractivity contribution in [1.82, 2.24) is 9.78 Å². The van der Waals surface area contributed by atoms with Crippen LogP contribution in [0.25, 0.3) is 16.8 Å². The Morgan fingerprint density at radius 3 is 2.07 bits per heavy atom. The molecule has 0 fully saturated rings. The molecule has 29 heavy (non-hydrogen) atoms. The molecular weight excluding hydrogens is 366 g/mol. The number of aromatic nitrogens is 2. The van der Waals surface area contributed by atoms with E-state index in [1.54, 1.807) is 28.9 Å². The summed E-state index contributed by atoms with van der Waals surface area (Å²) < 4.78 is 1.57. The Kier molecular flexibility index (Phi) is 4.75. The van der Waals surface area contributed by atoms with Gasteiger partial charge in [-0.2, -0.15) is 5.10 Å². The Hall–Kier alpha value is -4.06. The molecule has 6 heteroatoms. The normalized spacial score (nSPS) is 10.7. The zero-order chi connectivity index (χ0) is 20.4. The standard InChI is InChI=1S/C23H17N3O3/c1-16-21(17-8-4-2-5-9-17)22(23(27)18-10-6-3-7-11-18)25(24-16)19-12-14-20(15-13-19)26(28)29/h2-15H,1H3. The summed E-state index contributed by atoms with van der Waals surface area (Å²) in [6.07, 6.45) is 0. The Labute approximate surface area is 167 Å². The molecule has 0 aliphatic carbocycles. The van der Waals surface area contributed by atoms with Crippen LogP contribution in [0.1, 0.15) is 21.7 Å². The van der Waals surface area contributed by atoms with Gasteiger partial charge < -0.3 is 0 Å². The van der Waals surface area contributed by atoms with Crippen molar-refractivity contribution in [2.75, 3.05) is 0 Å². The van der Waals surface area contributed by atoms with Crippen molar-refractivity contribution in [3.8, 4) is 16.8 Å². The van der Waals surface area contributed by atoms with Crippen molar-refractivity contribution in [3.63, 3.8) is 0 Å². The third kappa shape index (κ3) is 3.43. The van der Waals surface area contributed by atoms with Crippen LogP contribution in [-0.4, -0.2) is 20.5 Å². The molecule has 4 rings (SSSR count). The number of ketones is 1. The first-order chi connectivity index (χ1) is 14.1. The van der Waals surface area contributed by atoms with Gasteiger partial charge in [-0.15, -0.1) is 0 Å². The number of hydrogen-bond donors (Lipinski definition) is 0. The van der Waals surface area contributed by atoms with Gasteiger partial charge in [-0.1, -0.05) is 60.7 Å². The quantitative estimate of drug-likeness (QED) is 0.276. The van der Waals surface area contributed by atoms with Crippen LogP contribution in [-0.2, 0) is 0 Å². The Morgan fingerprint density at radius 1 is 0.897 bits per heavy atom. The summed E-state index contributed by atoms with van der Waals surface area (Å²) in [6.45, 7) is 1.85. The topological polar surface area (TPSA) is 78.0 Å². The van der Waals surface area contributed by atoms with Gasteiger partial charge in [0.15, 0.2) is 0 Å². The molecule has 0 unspecified atom stereocenters. The second kappa shape index (κ2) is 7.52. The number of benzene rings is 3. The molecule has 0 saturated carbocycles. The Bertz CT molecular complexity index is 1180. The van der Waals surface area contributed by atoms with Crippen molar-refractivity contribution in [1.29, 1.82) is 0 Å². The van der Waals surface area contributed by atoms with Crippen LogP contribution in [0.5, 0.6) is 0 Å². The van der Waals surface area contributed by atoms with Gasteiger partial charge in [0.1, 0.15) is 5.69 Å². The zero-order valence-electron chi connectivity index (χ0n) is 15.6.